The van der Waals surface area contributed by atoms with E-state index in [1.807, 2.05) is 54.6 Å². The van der Waals surface area contributed by atoms with Crippen molar-refractivity contribution >= 4 is 5.84 Å². The molecule has 1 aliphatic rings. The van der Waals surface area contributed by atoms with E-state index in [1.54, 1.807) is 18.6 Å². The molecule has 0 saturated heterocycles. The van der Waals surface area contributed by atoms with Crippen LogP contribution in [0, 0.1) is 0 Å². The zero-order valence-electron chi connectivity index (χ0n) is 12.4. The Labute approximate surface area is 134 Å². The van der Waals surface area contributed by atoms with E-state index in [4.69, 9.17) is 4.99 Å². The molecule has 0 fully saturated rings. The van der Waals surface area contributed by atoms with Gasteiger partial charge in [0.1, 0.15) is 17.6 Å². The Hall–Kier alpha value is -3.08. The van der Waals surface area contributed by atoms with Crippen molar-refractivity contribution in [3.8, 4) is 0 Å². The van der Waals surface area contributed by atoms with Gasteiger partial charge in [0, 0.05) is 18.6 Å². The van der Waals surface area contributed by atoms with Crippen LogP contribution in [0.2, 0.25) is 0 Å². The third-order valence-electron chi connectivity index (χ3n) is 3.78. The summed E-state index contributed by atoms with van der Waals surface area (Å²) >= 11 is 0. The van der Waals surface area contributed by atoms with Gasteiger partial charge < -0.3 is 5.32 Å². The largest absolute Gasteiger partial charge is 0.358 e. The molecular weight excluding hydrogens is 286 g/mol. The summed E-state index contributed by atoms with van der Waals surface area (Å²) in [6, 6.07) is 17.4. The Bertz CT molecular complexity index is 803. The second kappa shape index (κ2) is 5.96. The maximum Gasteiger partial charge on any atom is 0.148 e. The van der Waals surface area contributed by atoms with Crippen LogP contribution in [0.5, 0.6) is 0 Å². The lowest BCUT2D eigenvalue weighted by Crippen LogP contribution is -2.26. The second-order valence-electron chi connectivity index (χ2n) is 5.27. The maximum atomic E-state index is 4.83. The molecule has 0 unspecified atom stereocenters. The van der Waals surface area contributed by atoms with Crippen molar-refractivity contribution < 1.29 is 0 Å². The molecule has 1 N–H and O–H groups in total. The zero-order chi connectivity index (χ0) is 15.5. The molecule has 0 aromatic carbocycles. The van der Waals surface area contributed by atoms with Gasteiger partial charge in [-0.15, -0.1) is 0 Å². The highest BCUT2D eigenvalue weighted by Crippen LogP contribution is 2.34. The maximum absolute atomic E-state index is 4.83. The number of nitrogens with zero attached hydrogens (tertiary/aromatic N) is 4. The third-order valence-corrected chi connectivity index (χ3v) is 3.78. The molecule has 112 valence electrons. The van der Waals surface area contributed by atoms with Gasteiger partial charge in [0.15, 0.2) is 0 Å². The van der Waals surface area contributed by atoms with Gasteiger partial charge >= 0.3 is 0 Å². The van der Waals surface area contributed by atoms with Crippen LogP contribution >= 0.6 is 0 Å². The average Bonchev–Trinajstić information content (AvgIpc) is 3.09. The smallest absolute Gasteiger partial charge is 0.148 e. The summed E-state index contributed by atoms with van der Waals surface area (Å²) in [5.74, 6) is 0.775. The normalized spacial score (nSPS) is 19.9. The summed E-state index contributed by atoms with van der Waals surface area (Å²) in [7, 11) is 0. The highest BCUT2D eigenvalue weighted by Gasteiger charge is 2.33. The number of rotatable bonds is 3. The monoisotopic (exact) mass is 301 g/mol. The first-order valence-corrected chi connectivity index (χ1v) is 7.49. The fraction of sp³-hybridized carbons (Fsp3) is 0.111. The minimum Gasteiger partial charge on any atom is -0.358 e. The third kappa shape index (κ3) is 2.68. The summed E-state index contributed by atoms with van der Waals surface area (Å²) in [5.41, 5.74) is 2.69. The van der Waals surface area contributed by atoms with Gasteiger partial charge in [-0.1, -0.05) is 18.2 Å². The SMILES string of the molecule is c1ccc(C2=N[C@@H](c3ccccn3)[C@H](c3ccccn3)N2)nc1. The Balaban J connectivity index is 1.75. The van der Waals surface area contributed by atoms with Crippen LogP contribution in [0.4, 0.5) is 0 Å². The van der Waals surface area contributed by atoms with E-state index in [0.717, 1.165) is 22.9 Å². The van der Waals surface area contributed by atoms with E-state index >= 15 is 0 Å². The summed E-state index contributed by atoms with van der Waals surface area (Å²) in [6.07, 6.45) is 5.35. The van der Waals surface area contributed by atoms with E-state index < -0.39 is 0 Å². The summed E-state index contributed by atoms with van der Waals surface area (Å²) in [6.45, 7) is 0. The minimum absolute atomic E-state index is 0.0527. The number of aliphatic imine (C=N–C) groups is 1. The van der Waals surface area contributed by atoms with Crippen LogP contribution in [-0.4, -0.2) is 20.8 Å². The van der Waals surface area contributed by atoms with Gasteiger partial charge in [0.2, 0.25) is 0 Å². The number of hydrogen-bond acceptors (Lipinski definition) is 5. The van der Waals surface area contributed by atoms with Crippen molar-refractivity contribution in [3.05, 3.63) is 90.3 Å². The van der Waals surface area contributed by atoms with E-state index in [1.165, 1.54) is 0 Å². The molecule has 0 spiro atoms. The molecule has 2 atom stereocenters. The first-order chi connectivity index (χ1) is 11.4. The average molecular weight is 301 g/mol. The molecule has 0 radical (unpaired) electrons. The molecule has 0 aliphatic carbocycles. The fourth-order valence-corrected chi connectivity index (χ4v) is 2.70. The lowest BCUT2D eigenvalue weighted by molar-refractivity contribution is 0.546. The highest BCUT2D eigenvalue weighted by molar-refractivity contribution is 5.98. The molecule has 4 rings (SSSR count). The molecule has 0 saturated carbocycles. The van der Waals surface area contributed by atoms with Gasteiger partial charge in [0.05, 0.1) is 17.4 Å². The quantitative estimate of drug-likeness (QED) is 0.808. The van der Waals surface area contributed by atoms with Gasteiger partial charge in [-0.2, -0.15) is 0 Å². The number of nitrogens with one attached hydrogen (secondary N) is 1. The topological polar surface area (TPSA) is 63.1 Å². The molecular formula is C18H15N5. The number of hydrogen-bond donors (Lipinski definition) is 1. The number of aromatic nitrogens is 3. The molecule has 0 amide bonds. The van der Waals surface area contributed by atoms with Gasteiger partial charge in [-0.25, -0.2) is 0 Å². The summed E-state index contributed by atoms with van der Waals surface area (Å²) < 4.78 is 0. The number of pyridine rings is 3. The van der Waals surface area contributed by atoms with Crippen LogP contribution in [0.3, 0.4) is 0 Å². The molecule has 5 nitrogen and oxygen atoms in total. The van der Waals surface area contributed by atoms with Crippen LogP contribution in [-0.2, 0) is 0 Å². The summed E-state index contributed by atoms with van der Waals surface area (Å²) in [5, 5.41) is 3.46. The van der Waals surface area contributed by atoms with Crippen LogP contribution < -0.4 is 5.32 Å². The Morgan fingerprint density at radius 1 is 0.696 bits per heavy atom. The van der Waals surface area contributed by atoms with Crippen molar-refractivity contribution in [2.75, 3.05) is 0 Å². The van der Waals surface area contributed by atoms with Crippen LogP contribution in [0.1, 0.15) is 29.2 Å². The molecule has 23 heavy (non-hydrogen) atoms. The highest BCUT2D eigenvalue weighted by atomic mass is 15.2. The second-order valence-corrected chi connectivity index (χ2v) is 5.27. The molecule has 4 heterocycles. The molecule has 3 aromatic rings. The standard InChI is InChI=1S/C18H15N5/c1-4-10-19-13(7-1)16-17(14-8-2-5-11-20-14)23-18(22-16)15-9-3-6-12-21-15/h1-12,16-17H,(H,22,23)/t16-,17-/m0/s1. The molecule has 1 aliphatic heterocycles. The van der Waals surface area contributed by atoms with Crippen molar-refractivity contribution in [2.24, 2.45) is 4.99 Å². The van der Waals surface area contributed by atoms with Gasteiger partial charge in [-0.3, -0.25) is 19.9 Å². The predicted octanol–water partition coefficient (Wildman–Crippen LogP) is 2.70. The molecule has 5 heteroatoms. The first kappa shape index (κ1) is 13.6. The van der Waals surface area contributed by atoms with Crippen molar-refractivity contribution in [1.29, 1.82) is 0 Å². The molecule has 3 aromatic heterocycles. The minimum atomic E-state index is -0.122. The van der Waals surface area contributed by atoms with Crippen LogP contribution in [0.25, 0.3) is 0 Å². The lowest BCUT2D eigenvalue weighted by atomic mass is 10.0. The number of amidine groups is 1. The van der Waals surface area contributed by atoms with Gasteiger partial charge in [0.25, 0.3) is 0 Å². The van der Waals surface area contributed by atoms with E-state index in [-0.39, 0.29) is 12.1 Å². The van der Waals surface area contributed by atoms with Gasteiger partial charge in [-0.05, 0) is 36.4 Å². The predicted molar refractivity (Wildman–Crippen MR) is 87.9 cm³/mol. The first-order valence-electron chi connectivity index (χ1n) is 7.49. The van der Waals surface area contributed by atoms with E-state index in [9.17, 15) is 0 Å². The van der Waals surface area contributed by atoms with Crippen molar-refractivity contribution in [3.63, 3.8) is 0 Å². The molecule has 0 bridgehead atoms. The Morgan fingerprint density at radius 3 is 1.96 bits per heavy atom. The van der Waals surface area contributed by atoms with E-state index in [2.05, 4.69) is 20.3 Å². The van der Waals surface area contributed by atoms with Crippen molar-refractivity contribution in [2.45, 2.75) is 12.1 Å². The van der Waals surface area contributed by atoms with Crippen LogP contribution in [0.15, 0.2) is 78.2 Å². The lowest BCUT2D eigenvalue weighted by Gasteiger charge is -2.17. The van der Waals surface area contributed by atoms with Crippen molar-refractivity contribution in [1.82, 2.24) is 20.3 Å². The fourth-order valence-electron chi connectivity index (χ4n) is 2.70. The Morgan fingerprint density at radius 2 is 1.35 bits per heavy atom. The summed E-state index contributed by atoms with van der Waals surface area (Å²) in [4.78, 5) is 18.2. The van der Waals surface area contributed by atoms with E-state index in [0.29, 0.717) is 0 Å². The Kier molecular flexibility index (Phi) is 3.52. The zero-order valence-corrected chi connectivity index (χ0v) is 12.4.